The van der Waals surface area contributed by atoms with E-state index >= 15 is 0 Å². The van der Waals surface area contributed by atoms with Crippen molar-refractivity contribution >= 4 is 17.5 Å². The van der Waals surface area contributed by atoms with E-state index in [1.54, 1.807) is 0 Å². The normalized spacial score (nSPS) is 19.1. The highest BCUT2D eigenvalue weighted by molar-refractivity contribution is 6.31. The van der Waals surface area contributed by atoms with Gasteiger partial charge in [-0.05, 0) is 25.0 Å². The van der Waals surface area contributed by atoms with Crippen LogP contribution in [0.1, 0.15) is 12.0 Å². The smallest absolute Gasteiger partial charge is 0.245 e. The fourth-order valence-electron chi connectivity index (χ4n) is 2.23. The first-order chi connectivity index (χ1) is 9.13. The van der Waals surface area contributed by atoms with Crippen molar-refractivity contribution in [3.05, 3.63) is 28.8 Å². The first-order valence-corrected chi connectivity index (χ1v) is 6.71. The maximum Gasteiger partial charge on any atom is 0.245 e. The first kappa shape index (κ1) is 12.4. The zero-order valence-corrected chi connectivity index (χ0v) is 11.5. The van der Waals surface area contributed by atoms with E-state index in [9.17, 15) is 0 Å². The largest absolute Gasteiger partial charge is 0.338 e. The average molecular weight is 278 g/mol. The lowest BCUT2D eigenvalue weighted by atomic mass is 10.1. The zero-order valence-electron chi connectivity index (χ0n) is 10.7. The number of aryl methyl sites for hydroxylation is 1. The van der Waals surface area contributed by atoms with Crippen molar-refractivity contribution in [2.45, 2.75) is 19.4 Å². The molecule has 100 valence electrons. The molecule has 1 aromatic heterocycles. The highest BCUT2D eigenvalue weighted by Crippen LogP contribution is 2.24. The number of rotatable bonds is 2. The van der Waals surface area contributed by atoms with E-state index in [2.05, 4.69) is 20.1 Å². The summed E-state index contributed by atoms with van der Waals surface area (Å²) in [7, 11) is 0. The van der Waals surface area contributed by atoms with Gasteiger partial charge < -0.3 is 10.6 Å². The summed E-state index contributed by atoms with van der Waals surface area (Å²) >= 11 is 6.13. The number of nitrogens with one attached hydrogen (secondary N) is 1. The van der Waals surface area contributed by atoms with Crippen LogP contribution in [-0.4, -0.2) is 34.3 Å². The fraction of sp³-hybridized carbons (Fsp3) is 0.385. The van der Waals surface area contributed by atoms with Gasteiger partial charge in [-0.15, -0.1) is 5.10 Å². The second-order valence-corrected chi connectivity index (χ2v) is 5.35. The summed E-state index contributed by atoms with van der Waals surface area (Å²) in [5.74, 6) is 1.44. The molecule has 1 aromatic carbocycles. The maximum atomic E-state index is 6.13. The predicted molar refractivity (Wildman–Crippen MR) is 76.4 cm³/mol. The molecule has 3 N–H and O–H groups in total. The number of nitrogens with two attached hydrogens (primary N) is 1. The lowest BCUT2D eigenvalue weighted by Gasteiger charge is -2.11. The molecule has 0 spiro atoms. The van der Waals surface area contributed by atoms with Gasteiger partial charge in [-0.1, -0.05) is 23.7 Å². The van der Waals surface area contributed by atoms with Gasteiger partial charge in [0.05, 0.1) is 0 Å². The molecule has 19 heavy (non-hydrogen) atoms. The predicted octanol–water partition coefficient (Wildman–Crippen LogP) is 1.97. The summed E-state index contributed by atoms with van der Waals surface area (Å²) in [4.78, 5) is 6.61. The van der Waals surface area contributed by atoms with Crippen LogP contribution in [0.3, 0.4) is 0 Å². The number of H-pyrrole nitrogens is 1. The Balaban J connectivity index is 1.86. The minimum absolute atomic E-state index is 0.218. The van der Waals surface area contributed by atoms with E-state index in [4.69, 9.17) is 17.3 Å². The van der Waals surface area contributed by atoms with E-state index in [1.807, 2.05) is 25.1 Å². The second kappa shape index (κ2) is 4.83. The Morgan fingerprint density at radius 3 is 3.00 bits per heavy atom. The summed E-state index contributed by atoms with van der Waals surface area (Å²) in [6.45, 7) is 3.70. The van der Waals surface area contributed by atoms with Crippen LogP contribution in [0.15, 0.2) is 18.2 Å². The second-order valence-electron chi connectivity index (χ2n) is 4.94. The van der Waals surface area contributed by atoms with Gasteiger partial charge in [0.15, 0.2) is 5.82 Å². The summed E-state index contributed by atoms with van der Waals surface area (Å²) < 4.78 is 0. The van der Waals surface area contributed by atoms with Crippen LogP contribution in [0.25, 0.3) is 11.4 Å². The van der Waals surface area contributed by atoms with E-state index in [0.717, 1.165) is 41.5 Å². The number of aromatic amines is 1. The highest BCUT2D eigenvalue weighted by atomic mass is 35.5. The number of halogens is 1. The van der Waals surface area contributed by atoms with Gasteiger partial charge in [-0.25, -0.2) is 0 Å². The summed E-state index contributed by atoms with van der Waals surface area (Å²) in [6, 6.07) is 6.08. The maximum absolute atomic E-state index is 6.13. The van der Waals surface area contributed by atoms with Gasteiger partial charge in [0.25, 0.3) is 0 Å². The Hall–Kier alpha value is -1.59. The fourth-order valence-corrected chi connectivity index (χ4v) is 2.41. The van der Waals surface area contributed by atoms with E-state index < -0.39 is 0 Å². The minimum atomic E-state index is 0.218. The van der Waals surface area contributed by atoms with Crippen LogP contribution in [-0.2, 0) is 0 Å². The summed E-state index contributed by atoms with van der Waals surface area (Å²) in [6.07, 6.45) is 0.986. The summed E-state index contributed by atoms with van der Waals surface area (Å²) in [5, 5.41) is 7.95. The topological polar surface area (TPSA) is 70.8 Å². The van der Waals surface area contributed by atoms with E-state index in [-0.39, 0.29) is 6.04 Å². The van der Waals surface area contributed by atoms with Crippen molar-refractivity contribution in [1.29, 1.82) is 0 Å². The molecule has 1 aliphatic rings. The standard InChI is InChI=1S/C13H16ClN5/c1-8-2-3-9(6-11(8)14)12-16-13(18-17-12)19-5-4-10(15)7-19/h2-3,6,10H,4-5,7,15H2,1H3,(H,16,17,18). The molecule has 1 saturated heterocycles. The SMILES string of the molecule is Cc1ccc(-c2nc(N3CCC(N)C3)n[nH]2)cc1Cl. The number of nitrogens with zero attached hydrogens (tertiary/aromatic N) is 3. The minimum Gasteiger partial charge on any atom is -0.338 e. The van der Waals surface area contributed by atoms with Crippen molar-refractivity contribution in [2.24, 2.45) is 5.73 Å². The molecule has 5 nitrogen and oxygen atoms in total. The lowest BCUT2D eigenvalue weighted by molar-refractivity contribution is 0.750. The Labute approximate surface area is 116 Å². The van der Waals surface area contributed by atoms with Crippen molar-refractivity contribution in [2.75, 3.05) is 18.0 Å². The summed E-state index contributed by atoms with van der Waals surface area (Å²) in [5.41, 5.74) is 7.89. The van der Waals surface area contributed by atoms with Crippen LogP contribution in [0, 0.1) is 6.92 Å². The molecule has 0 radical (unpaired) electrons. The first-order valence-electron chi connectivity index (χ1n) is 6.33. The number of anilines is 1. The van der Waals surface area contributed by atoms with Crippen LogP contribution in [0.4, 0.5) is 5.95 Å². The monoisotopic (exact) mass is 277 g/mol. The van der Waals surface area contributed by atoms with Crippen LogP contribution in [0.2, 0.25) is 5.02 Å². The molecule has 1 aliphatic heterocycles. The molecule has 0 saturated carbocycles. The third-order valence-corrected chi connectivity index (χ3v) is 3.83. The molecule has 2 heterocycles. The molecule has 3 rings (SSSR count). The Bertz CT molecular complexity index is 594. The van der Waals surface area contributed by atoms with Crippen molar-refractivity contribution in [3.63, 3.8) is 0 Å². The van der Waals surface area contributed by atoms with Gasteiger partial charge >= 0.3 is 0 Å². The number of hydrogen-bond donors (Lipinski definition) is 2. The third-order valence-electron chi connectivity index (χ3n) is 3.43. The van der Waals surface area contributed by atoms with Gasteiger partial charge in [0, 0.05) is 29.7 Å². The average Bonchev–Trinajstić information content (AvgIpc) is 3.01. The molecule has 0 aliphatic carbocycles. The molecule has 1 unspecified atom stereocenters. The van der Waals surface area contributed by atoms with Gasteiger partial charge in [-0.3, -0.25) is 5.10 Å². The van der Waals surface area contributed by atoms with Gasteiger partial charge in [0.1, 0.15) is 0 Å². The third kappa shape index (κ3) is 2.43. The molecule has 1 fully saturated rings. The van der Waals surface area contributed by atoms with Crippen molar-refractivity contribution in [3.8, 4) is 11.4 Å². The molecular weight excluding hydrogens is 262 g/mol. The lowest BCUT2D eigenvalue weighted by Crippen LogP contribution is -2.26. The van der Waals surface area contributed by atoms with E-state index in [1.165, 1.54) is 0 Å². The molecule has 0 amide bonds. The number of hydrogen-bond acceptors (Lipinski definition) is 4. The molecule has 0 bridgehead atoms. The van der Waals surface area contributed by atoms with Crippen LogP contribution in [0.5, 0.6) is 0 Å². The Kier molecular flexibility index (Phi) is 3.16. The van der Waals surface area contributed by atoms with Crippen LogP contribution < -0.4 is 10.6 Å². The van der Waals surface area contributed by atoms with Gasteiger partial charge in [-0.2, -0.15) is 4.98 Å². The zero-order chi connectivity index (χ0) is 13.4. The number of aromatic nitrogens is 3. The van der Waals surface area contributed by atoms with Crippen LogP contribution >= 0.6 is 11.6 Å². The molecular formula is C13H16ClN5. The Morgan fingerprint density at radius 1 is 1.47 bits per heavy atom. The Morgan fingerprint density at radius 2 is 2.32 bits per heavy atom. The van der Waals surface area contributed by atoms with Gasteiger partial charge in [0.2, 0.25) is 5.95 Å². The molecule has 2 aromatic rings. The van der Waals surface area contributed by atoms with E-state index in [0.29, 0.717) is 5.95 Å². The van der Waals surface area contributed by atoms with Crippen molar-refractivity contribution in [1.82, 2.24) is 15.2 Å². The quantitative estimate of drug-likeness (QED) is 0.880. The van der Waals surface area contributed by atoms with Crippen molar-refractivity contribution < 1.29 is 0 Å². The number of benzene rings is 1. The highest BCUT2D eigenvalue weighted by Gasteiger charge is 2.22. The molecule has 1 atom stereocenters. The molecule has 6 heteroatoms.